The average Bonchev–Trinajstić information content (AvgIpc) is 3.04. The second kappa shape index (κ2) is 15.3. The van der Waals surface area contributed by atoms with E-state index >= 15 is 0 Å². The van der Waals surface area contributed by atoms with E-state index in [-0.39, 0.29) is 29.2 Å². The van der Waals surface area contributed by atoms with Crippen molar-refractivity contribution in [3.05, 3.63) is 111 Å². The van der Waals surface area contributed by atoms with Gasteiger partial charge in [0.25, 0.3) is 0 Å². The highest BCUT2D eigenvalue weighted by Gasteiger charge is 2.37. The molecule has 1 aliphatic heterocycles. The summed E-state index contributed by atoms with van der Waals surface area (Å²) in [7, 11) is -3.98. The number of hydrogen-bond acceptors (Lipinski definition) is 6. The molecule has 10 heteroatoms. The molecule has 0 radical (unpaired) electrons. The summed E-state index contributed by atoms with van der Waals surface area (Å²) in [5, 5.41) is 10.5. The van der Waals surface area contributed by atoms with Crippen molar-refractivity contribution in [2.45, 2.75) is 112 Å². The molecule has 4 aromatic rings. The number of pyridine rings is 1. The Morgan fingerprint density at radius 1 is 0.906 bits per heavy atom. The van der Waals surface area contributed by atoms with Crippen molar-refractivity contribution in [3.8, 4) is 11.1 Å². The van der Waals surface area contributed by atoms with Crippen LogP contribution < -0.4 is 4.90 Å². The van der Waals surface area contributed by atoms with E-state index in [1.54, 1.807) is 12.1 Å². The summed E-state index contributed by atoms with van der Waals surface area (Å²) < 4.78 is 50.4. The Balaban J connectivity index is 1.61. The molecule has 1 aromatic heterocycles. The van der Waals surface area contributed by atoms with Gasteiger partial charge in [-0.1, -0.05) is 67.9 Å². The number of aromatic nitrogens is 1. The number of rotatable bonds is 11. The summed E-state index contributed by atoms with van der Waals surface area (Å²) in [6.45, 7) is 21.1. The largest absolute Gasteiger partial charge is 0.479 e. The fourth-order valence-electron chi connectivity index (χ4n) is 7.46. The SMILES string of the molecule is Cc1cc(C)c(S(=O)(=O)N(Cc2ccc(F)cc2)Cc2ccc(-c3c(C)nc(C)c([C@H](OC(C)(C)C)C(=O)O)c3N3CCC(C)(C)CC3)cc2)c(C)c1. The molecule has 53 heavy (non-hydrogen) atoms. The first-order valence-corrected chi connectivity index (χ1v) is 19.7. The zero-order chi connectivity index (χ0) is 39.0. The zero-order valence-electron chi connectivity index (χ0n) is 32.8. The number of hydrogen-bond donors (Lipinski definition) is 1. The van der Waals surface area contributed by atoms with Crippen molar-refractivity contribution in [3.63, 3.8) is 0 Å². The fourth-order valence-corrected chi connectivity index (χ4v) is 9.29. The number of nitrogens with zero attached hydrogens (tertiary/aromatic N) is 3. The molecule has 1 aliphatic rings. The molecule has 0 amide bonds. The van der Waals surface area contributed by atoms with Gasteiger partial charge in [0.05, 0.1) is 16.2 Å². The summed E-state index contributed by atoms with van der Waals surface area (Å²) in [5.74, 6) is -1.46. The molecular weight excluding hydrogens is 690 g/mol. The number of sulfonamides is 1. The van der Waals surface area contributed by atoms with Gasteiger partial charge in [0.2, 0.25) is 10.0 Å². The topological polar surface area (TPSA) is 100 Å². The van der Waals surface area contributed by atoms with Crippen molar-refractivity contribution in [2.24, 2.45) is 5.41 Å². The molecule has 0 aliphatic carbocycles. The molecule has 0 bridgehead atoms. The van der Waals surface area contributed by atoms with Crippen molar-refractivity contribution in [1.82, 2.24) is 9.29 Å². The van der Waals surface area contributed by atoms with E-state index in [1.165, 1.54) is 16.4 Å². The van der Waals surface area contributed by atoms with Gasteiger partial charge in [-0.3, -0.25) is 4.98 Å². The van der Waals surface area contributed by atoms with Gasteiger partial charge in [0.1, 0.15) is 5.82 Å². The zero-order valence-corrected chi connectivity index (χ0v) is 33.6. The lowest BCUT2D eigenvalue weighted by Gasteiger charge is -2.41. The van der Waals surface area contributed by atoms with Gasteiger partial charge in [-0.15, -0.1) is 0 Å². The van der Waals surface area contributed by atoms with Gasteiger partial charge in [-0.25, -0.2) is 17.6 Å². The summed E-state index contributed by atoms with van der Waals surface area (Å²) in [5.41, 5.74) is 7.64. The second-order valence-electron chi connectivity index (χ2n) is 16.3. The molecule has 2 heterocycles. The lowest BCUT2D eigenvalue weighted by Crippen LogP contribution is -2.39. The number of piperidine rings is 1. The maximum atomic E-state index is 14.4. The van der Waals surface area contributed by atoms with Gasteiger partial charge in [-0.05, 0) is 114 Å². The van der Waals surface area contributed by atoms with Crippen LogP contribution in [-0.4, -0.2) is 47.5 Å². The second-order valence-corrected chi connectivity index (χ2v) is 18.2. The first-order valence-electron chi connectivity index (χ1n) is 18.3. The minimum absolute atomic E-state index is 0.0568. The third-order valence-corrected chi connectivity index (χ3v) is 12.1. The maximum Gasteiger partial charge on any atom is 0.337 e. The van der Waals surface area contributed by atoms with Crippen LogP contribution in [0.1, 0.15) is 98.3 Å². The molecule has 3 aromatic carbocycles. The summed E-state index contributed by atoms with van der Waals surface area (Å²) in [6.07, 6.45) is 0.660. The van der Waals surface area contributed by atoms with E-state index in [0.29, 0.717) is 27.9 Å². The van der Waals surface area contributed by atoms with E-state index in [0.717, 1.165) is 59.6 Å². The Hall–Kier alpha value is -4.12. The van der Waals surface area contributed by atoms with Crippen LogP contribution in [0.4, 0.5) is 10.1 Å². The highest BCUT2D eigenvalue weighted by molar-refractivity contribution is 7.89. The van der Waals surface area contributed by atoms with Crippen LogP contribution in [0.3, 0.4) is 0 Å². The Labute approximate surface area is 315 Å². The monoisotopic (exact) mass is 743 g/mol. The predicted molar refractivity (Wildman–Crippen MR) is 209 cm³/mol. The number of halogens is 1. The third-order valence-electron chi connectivity index (χ3n) is 10.0. The lowest BCUT2D eigenvalue weighted by atomic mass is 9.81. The van der Waals surface area contributed by atoms with Crippen LogP contribution in [-0.2, 0) is 32.6 Å². The van der Waals surface area contributed by atoms with Gasteiger partial charge in [-0.2, -0.15) is 4.31 Å². The summed E-state index contributed by atoms with van der Waals surface area (Å²) in [4.78, 5) is 20.4. The first kappa shape index (κ1) is 40.1. The minimum Gasteiger partial charge on any atom is -0.479 e. The van der Waals surface area contributed by atoms with Gasteiger partial charge in [0.15, 0.2) is 6.10 Å². The number of aryl methyl sites for hydroxylation is 5. The highest BCUT2D eigenvalue weighted by atomic mass is 32.2. The number of aliphatic carboxylic acids is 1. The van der Waals surface area contributed by atoms with Crippen molar-refractivity contribution in [1.29, 1.82) is 0 Å². The number of ether oxygens (including phenoxy) is 1. The Morgan fingerprint density at radius 2 is 1.42 bits per heavy atom. The van der Waals surface area contributed by atoms with Crippen LogP contribution in [0.15, 0.2) is 65.6 Å². The molecule has 1 atom stereocenters. The Kier molecular flexibility index (Phi) is 11.6. The van der Waals surface area contributed by atoms with Crippen LogP contribution in [0.25, 0.3) is 11.1 Å². The maximum absolute atomic E-state index is 14.4. The number of carbonyl (C=O) groups is 1. The van der Waals surface area contributed by atoms with E-state index in [2.05, 4.69) is 18.7 Å². The highest BCUT2D eigenvalue weighted by Crippen LogP contribution is 2.45. The van der Waals surface area contributed by atoms with Crippen molar-refractivity contribution < 1.29 is 27.4 Å². The molecule has 0 spiro atoms. The Bertz CT molecular complexity index is 2060. The molecule has 5 rings (SSSR count). The number of benzene rings is 3. The molecule has 284 valence electrons. The van der Waals surface area contributed by atoms with Crippen molar-refractivity contribution in [2.75, 3.05) is 18.0 Å². The summed E-state index contributed by atoms with van der Waals surface area (Å²) in [6, 6.07) is 17.4. The fraction of sp³-hybridized carbons (Fsp3) is 0.442. The van der Waals surface area contributed by atoms with E-state index in [1.807, 2.05) is 91.8 Å². The molecule has 1 saturated heterocycles. The predicted octanol–water partition coefficient (Wildman–Crippen LogP) is 9.39. The third kappa shape index (κ3) is 9.16. The number of carboxylic acid groups (broad SMARTS) is 1. The van der Waals surface area contributed by atoms with E-state index < -0.39 is 27.7 Å². The molecular formula is C43H54FN3O5S. The van der Waals surface area contributed by atoms with Gasteiger partial charge < -0.3 is 14.7 Å². The summed E-state index contributed by atoms with van der Waals surface area (Å²) >= 11 is 0. The lowest BCUT2D eigenvalue weighted by molar-refractivity contribution is -0.160. The number of carboxylic acids is 1. The van der Waals surface area contributed by atoms with Crippen LogP contribution in [0, 0.1) is 45.9 Å². The quantitative estimate of drug-likeness (QED) is 0.163. The van der Waals surface area contributed by atoms with Gasteiger partial charge in [0, 0.05) is 48.7 Å². The smallest absolute Gasteiger partial charge is 0.337 e. The van der Waals surface area contributed by atoms with Crippen molar-refractivity contribution >= 4 is 21.7 Å². The first-order chi connectivity index (χ1) is 24.7. The Morgan fingerprint density at radius 3 is 1.91 bits per heavy atom. The molecule has 0 unspecified atom stereocenters. The van der Waals surface area contributed by atoms with E-state index in [9.17, 15) is 22.7 Å². The van der Waals surface area contributed by atoms with Gasteiger partial charge >= 0.3 is 5.97 Å². The van der Waals surface area contributed by atoms with E-state index in [4.69, 9.17) is 9.72 Å². The molecule has 0 saturated carbocycles. The molecule has 1 N–H and O–H groups in total. The molecule has 1 fully saturated rings. The van der Waals surface area contributed by atoms with Crippen LogP contribution in [0.5, 0.6) is 0 Å². The number of anilines is 1. The standard InChI is InChI=1S/C43H54FN3O5S/c1-27-23-28(2)40(29(3)24-27)53(50,51)47(26-33-13-17-35(44)18-14-33)25-32-11-15-34(16-12-32)36-30(4)45-31(5)37(39(41(48)49)52-42(6,7)8)38(36)46-21-19-43(9,10)20-22-46/h11-18,23-24,39H,19-22,25-26H2,1-10H3,(H,48,49)/t39-/m0/s1. The minimum atomic E-state index is -3.98. The average molecular weight is 744 g/mol. The normalized spacial score (nSPS) is 15.5. The molecule has 8 nitrogen and oxygen atoms in total. The van der Waals surface area contributed by atoms with Crippen LogP contribution >= 0.6 is 0 Å². The van der Waals surface area contributed by atoms with Crippen LogP contribution in [0.2, 0.25) is 0 Å².